The summed E-state index contributed by atoms with van der Waals surface area (Å²) >= 11 is 59.8. The minimum absolute atomic E-state index is 0. The number of aromatic nitrogens is 12. The SMILES string of the molecule is CC(=O)CCl.CC(=O)COc1cc(Cl)c(-c2noc(-c3cn4cc(C(F)(F)F)cc(Cl)c4n3)n2)cc1Cl.CC(C)(O)COc1cc(Cl)c(-c2noc(-c3cn4cc(C(F)(F)F)cc(Cl)c4n3)n2)cc1Cl.O=CO[O-].Oc1cc(Cl)c(-c2noc(-c3cn4cc(C(F)(F)F)cc(Cl)c4n3)n2)cc1Cl.[Br-].[CH3-].[Cs+].[Cs+].[H-].[Mg+2]. The van der Waals surface area contributed by atoms with E-state index in [0.29, 0.717) is 16.7 Å². The number of ether oxygens (including phenoxy) is 2. The van der Waals surface area contributed by atoms with Gasteiger partial charge in [-0.2, -0.15) is 54.5 Å². The molecule has 12 aromatic rings. The first-order valence-electron chi connectivity index (χ1n) is 27.4. The molecule has 0 aliphatic heterocycles. The number of carbonyl (C=O) groups excluding carboxylic acids is 3. The maximum atomic E-state index is 13.0. The van der Waals surface area contributed by atoms with E-state index in [9.17, 15) is 59.3 Å². The van der Waals surface area contributed by atoms with Crippen LogP contribution in [0, 0.1) is 7.43 Å². The van der Waals surface area contributed by atoms with Gasteiger partial charge in [-0.25, -0.2) is 15.0 Å². The zero-order valence-electron chi connectivity index (χ0n) is 56.0. The molecule has 556 valence electrons. The summed E-state index contributed by atoms with van der Waals surface area (Å²) in [5, 5.41) is 39.6. The van der Waals surface area contributed by atoms with Gasteiger partial charge in [0.05, 0.1) is 73.4 Å². The Morgan fingerprint density at radius 1 is 0.514 bits per heavy atom. The number of benzene rings is 3. The van der Waals surface area contributed by atoms with Gasteiger partial charge in [-0.15, -0.1) is 11.6 Å². The Morgan fingerprint density at radius 2 is 0.813 bits per heavy atom. The van der Waals surface area contributed by atoms with E-state index in [0.717, 1.165) is 50.0 Å². The van der Waals surface area contributed by atoms with Crippen molar-refractivity contribution >= 4 is 174 Å². The van der Waals surface area contributed by atoms with Crippen molar-refractivity contribution in [2.45, 2.75) is 51.8 Å². The van der Waals surface area contributed by atoms with E-state index in [2.05, 4.69) is 50.3 Å². The summed E-state index contributed by atoms with van der Waals surface area (Å²) in [6.07, 6.45) is -7.30. The fraction of sp³-hybridized carbons (Fsp3) is 0.183. The number of hydrogen-bond donors (Lipinski definition) is 2. The molecule has 0 radical (unpaired) electrons. The van der Waals surface area contributed by atoms with Crippen LogP contribution in [0.15, 0.2) is 105 Å². The van der Waals surface area contributed by atoms with Gasteiger partial charge in [0.1, 0.15) is 53.3 Å². The molecule has 9 aromatic heterocycles. The minimum Gasteiger partial charge on any atom is -1.00 e. The first-order valence-corrected chi connectivity index (χ1v) is 31.3. The molecule has 0 unspecified atom stereocenters. The Bertz CT molecular complexity index is 5140. The van der Waals surface area contributed by atoms with Gasteiger partial charge < -0.3 is 82.4 Å². The summed E-state index contributed by atoms with van der Waals surface area (Å²) in [5.41, 5.74) is -2.33. The van der Waals surface area contributed by atoms with Crippen molar-refractivity contribution in [3.63, 3.8) is 0 Å². The monoisotopic (exact) mass is 2010 g/mol. The van der Waals surface area contributed by atoms with Crippen molar-refractivity contribution in [2.24, 2.45) is 0 Å². The second-order valence-electron chi connectivity index (χ2n) is 21.0. The van der Waals surface area contributed by atoms with E-state index in [4.69, 9.17) is 149 Å². The summed E-state index contributed by atoms with van der Waals surface area (Å²) in [6.45, 7) is 5.60. The molecule has 9 heterocycles. The number of Topliss-reactive ketones (excluding diaryl/α,β-unsaturated/α-hetero) is 2. The van der Waals surface area contributed by atoms with Crippen molar-refractivity contribution in [1.29, 1.82) is 0 Å². The smallest absolute Gasteiger partial charge is 1.00 e. The van der Waals surface area contributed by atoms with Gasteiger partial charge >= 0.3 is 179 Å². The van der Waals surface area contributed by atoms with Crippen molar-refractivity contribution < 1.29 is 253 Å². The van der Waals surface area contributed by atoms with E-state index >= 15 is 0 Å². The third-order valence-corrected chi connectivity index (χ3v) is 15.5. The average Bonchev–Trinajstić information content (AvgIpc) is 1.63. The van der Waals surface area contributed by atoms with Crippen LogP contribution >= 0.6 is 116 Å². The second kappa shape index (κ2) is 41.8. The Labute approximate surface area is 791 Å². The third-order valence-electron chi connectivity index (χ3n) is 12.5. The van der Waals surface area contributed by atoms with Crippen LogP contribution < -0.4 is 169 Å². The number of hydrogen-bond acceptors (Lipinski definition) is 21. The van der Waals surface area contributed by atoms with Crippen LogP contribution in [0.2, 0.25) is 45.2 Å². The molecule has 0 spiro atoms. The predicted molar refractivity (Wildman–Crippen MR) is 363 cm³/mol. The van der Waals surface area contributed by atoms with Crippen molar-refractivity contribution in [2.75, 3.05) is 19.1 Å². The van der Waals surface area contributed by atoms with E-state index in [1.807, 2.05) is 0 Å². The molecule has 0 aliphatic carbocycles. The van der Waals surface area contributed by atoms with Gasteiger partial charge in [-0.1, -0.05) is 120 Å². The number of rotatable bonds is 14. The van der Waals surface area contributed by atoms with Gasteiger partial charge in [0.15, 0.2) is 22.7 Å². The second-order valence-corrected chi connectivity index (χ2v) is 24.9. The topological polar surface area (TPSA) is 311 Å². The van der Waals surface area contributed by atoms with E-state index < -0.39 is 40.8 Å². The number of carbonyl (C=O) groups is 3. The number of aliphatic hydroxyl groups is 1. The number of alkyl halides is 10. The van der Waals surface area contributed by atoms with Crippen LogP contribution in [-0.2, 0) is 37.8 Å². The fourth-order valence-electron chi connectivity index (χ4n) is 8.02. The van der Waals surface area contributed by atoms with Crippen LogP contribution in [0.1, 0.15) is 45.8 Å². The number of fused-ring (bicyclic) bond motifs is 3. The van der Waals surface area contributed by atoms with Crippen LogP contribution in [0.25, 0.3) is 85.9 Å². The Balaban J connectivity index is 0.000000507. The number of nitrogens with zero attached hydrogens (tertiary/aromatic N) is 12. The molecule has 0 amide bonds. The summed E-state index contributed by atoms with van der Waals surface area (Å²) in [6, 6.07) is 10.7. The molecule has 2 N–H and O–H groups in total. The van der Waals surface area contributed by atoms with Gasteiger partial charge in [-0.05, 0) is 64.1 Å². The fourth-order valence-corrected chi connectivity index (χ4v) is 10.1. The molecule has 0 atom stereocenters. The van der Waals surface area contributed by atoms with Crippen LogP contribution in [0.5, 0.6) is 17.2 Å². The normalized spacial score (nSPS) is 11.1. The molecule has 24 nitrogen and oxygen atoms in total. The van der Waals surface area contributed by atoms with Crippen molar-refractivity contribution in [1.82, 2.24) is 58.6 Å². The Kier molecular flexibility index (Phi) is 38.3. The molecule has 107 heavy (non-hydrogen) atoms. The molecule has 0 saturated heterocycles. The Morgan fingerprint density at radius 3 is 1.09 bits per heavy atom. The summed E-state index contributed by atoms with van der Waals surface area (Å²) in [5.74, 6) is 0.200. The van der Waals surface area contributed by atoms with E-state index in [1.54, 1.807) is 13.8 Å². The molecule has 0 bridgehead atoms. The number of imidazole rings is 3. The maximum absolute atomic E-state index is 13.0. The molecule has 0 saturated carbocycles. The largest absolute Gasteiger partial charge is 2.00 e. The molecule has 47 heteroatoms. The summed E-state index contributed by atoms with van der Waals surface area (Å²) in [7, 11) is 0. The number of phenolic OH excluding ortho intramolecular Hbond substituents is 1. The number of halogens is 20. The molecule has 0 aliphatic rings. The predicted octanol–water partition coefficient (Wildman–Crippen LogP) is 8.36. The van der Waals surface area contributed by atoms with Crippen LogP contribution in [0.4, 0.5) is 39.5 Å². The quantitative estimate of drug-likeness (QED) is 0.0196. The molecule has 3 aromatic carbocycles. The molecule has 0 fully saturated rings. The maximum Gasteiger partial charge on any atom is 2.00 e. The van der Waals surface area contributed by atoms with Crippen molar-refractivity contribution in [3.05, 3.63) is 161 Å². The van der Waals surface area contributed by atoms with Gasteiger partial charge in [0.25, 0.3) is 24.1 Å². The Hall–Kier alpha value is -3.10. The standard InChI is InChI=1S/C20H14Cl3F3N4O3.C19H10Cl3F3N4O3.C16H6Cl3F3N4O2.C3H5ClO.CH2O3.CH3.BrH.2Cs.Mg.H/c1-19(2,31)8-32-15-5-11(21)10(4-12(15)22)16-28-18(33-29-16)14-7-30-6-9(20(24,25)26)3-13(23)17(30)27-14;1-8(30)7-31-15-4-11(20)10(3-12(15)21)16-27-18(32-28-16)14-6-29-5-9(19(23,24)25)2-13(22)17(29)26-14;17-8-3-12(27)9(18)2-7(8)13-24-15(28-25-13)11-5-26-4-6(16(20,21)22)1-10(19)14(26)23-11;1-3(5)2-4;2-1-4-3;;;;;;/h3-7,31H,8H2,1-2H3;2-6H,7H2,1H3;1-5,27H;2H2,1H3;1,3H;1H3;1H;;;;/q;;;;;-1;;2*+1;+2;-1/p-2. The summed E-state index contributed by atoms with van der Waals surface area (Å²) in [4.78, 5) is 57.0. The van der Waals surface area contributed by atoms with Gasteiger partial charge in [-0.3, -0.25) is 14.4 Å². The van der Waals surface area contributed by atoms with Crippen LogP contribution in [0.3, 0.4) is 0 Å². The first-order chi connectivity index (χ1) is 47.7. The average molecular weight is 2020 g/mol. The first kappa shape index (κ1) is 98.1. The zero-order valence-corrected chi connectivity index (χ0v) is 78.1. The van der Waals surface area contributed by atoms with Crippen molar-refractivity contribution in [3.8, 4) is 86.2 Å². The van der Waals surface area contributed by atoms with Gasteiger partial charge in [0.2, 0.25) is 17.5 Å². The number of pyridine rings is 3. The number of ketones is 2. The van der Waals surface area contributed by atoms with Gasteiger partial charge in [0, 0.05) is 72.1 Å². The molecular weight excluding hydrogens is 1980 g/mol. The minimum atomic E-state index is -4.57. The molecule has 12 rings (SSSR count). The summed E-state index contributed by atoms with van der Waals surface area (Å²) < 4.78 is 147. The molecular formula is C60H40BrCl10Cs2F9MgN12O12. The number of phenols is 1. The van der Waals surface area contributed by atoms with Crippen LogP contribution in [-0.4, -0.2) is 135 Å². The third kappa shape index (κ3) is 26.2. The van der Waals surface area contributed by atoms with E-state index in [1.165, 1.54) is 68.8 Å². The van der Waals surface area contributed by atoms with E-state index in [-0.39, 0.29) is 355 Å². The number of aromatic hydroxyl groups is 1. The zero-order chi connectivity index (χ0) is 75.2.